The molecule has 0 spiro atoms. The van der Waals surface area contributed by atoms with Crippen LogP contribution < -0.4 is 10.6 Å². The molecule has 35 heavy (non-hydrogen) atoms. The summed E-state index contributed by atoms with van der Waals surface area (Å²) in [6.45, 7) is 7.76. The second-order valence-corrected chi connectivity index (χ2v) is 10.3. The van der Waals surface area contributed by atoms with Crippen molar-refractivity contribution in [3.8, 4) is 11.1 Å². The molecule has 0 fully saturated rings. The fraction of sp³-hybridized carbons (Fsp3) is 0.296. The van der Waals surface area contributed by atoms with E-state index in [-0.39, 0.29) is 18.4 Å². The first-order chi connectivity index (χ1) is 16.8. The van der Waals surface area contributed by atoms with Crippen molar-refractivity contribution in [3.63, 3.8) is 0 Å². The SMILES string of the molecule is CCCC(=O)Nc1cccc(SC(C)C(=O)Nc2scc(-c3ccc(C)cc3)c2C(=O)OCC)c1. The van der Waals surface area contributed by atoms with Gasteiger partial charge in [0.25, 0.3) is 0 Å². The Bertz CT molecular complexity index is 1190. The number of esters is 1. The molecule has 3 aromatic rings. The lowest BCUT2D eigenvalue weighted by Crippen LogP contribution is -2.23. The third-order valence-corrected chi connectivity index (χ3v) is 7.14. The van der Waals surface area contributed by atoms with E-state index in [1.165, 1.54) is 23.1 Å². The third kappa shape index (κ3) is 7.19. The molecule has 1 heterocycles. The Morgan fingerprint density at radius 1 is 1.06 bits per heavy atom. The number of rotatable bonds is 10. The monoisotopic (exact) mass is 510 g/mol. The molecule has 0 aliphatic carbocycles. The van der Waals surface area contributed by atoms with Crippen molar-refractivity contribution >= 4 is 51.6 Å². The zero-order valence-electron chi connectivity index (χ0n) is 20.3. The molecule has 1 atom stereocenters. The third-order valence-electron chi connectivity index (χ3n) is 5.15. The molecule has 2 aromatic carbocycles. The molecule has 8 heteroatoms. The van der Waals surface area contributed by atoms with Crippen LogP contribution in [0, 0.1) is 6.92 Å². The van der Waals surface area contributed by atoms with E-state index in [2.05, 4.69) is 10.6 Å². The van der Waals surface area contributed by atoms with E-state index in [0.717, 1.165) is 28.0 Å². The summed E-state index contributed by atoms with van der Waals surface area (Å²) in [5, 5.41) is 7.70. The minimum absolute atomic E-state index is 0.0333. The molecule has 1 aromatic heterocycles. The standard InChI is InChI=1S/C27H30N2O4S2/c1-5-8-23(30)28-20-9-7-10-21(15-20)35-18(4)25(31)29-26-24(27(32)33-6-2)22(16-34-26)19-13-11-17(3)12-14-19/h7,9-16,18H,5-6,8H2,1-4H3,(H,28,30)(H,29,31). The van der Waals surface area contributed by atoms with E-state index in [1.807, 2.05) is 67.8 Å². The second kappa shape index (κ2) is 12.6. The molecule has 0 bridgehead atoms. The van der Waals surface area contributed by atoms with Gasteiger partial charge in [-0.05, 0) is 51.0 Å². The molecule has 2 amide bonds. The molecule has 0 saturated carbocycles. The van der Waals surface area contributed by atoms with E-state index in [0.29, 0.717) is 22.7 Å². The Kier molecular flexibility index (Phi) is 9.51. The highest BCUT2D eigenvalue weighted by Gasteiger charge is 2.24. The Balaban J connectivity index is 1.76. The molecule has 2 N–H and O–H groups in total. The van der Waals surface area contributed by atoms with E-state index >= 15 is 0 Å². The fourth-order valence-corrected chi connectivity index (χ4v) is 5.26. The van der Waals surface area contributed by atoms with Gasteiger partial charge in [-0.15, -0.1) is 23.1 Å². The van der Waals surface area contributed by atoms with Crippen molar-refractivity contribution in [1.82, 2.24) is 0 Å². The Morgan fingerprint density at radius 3 is 2.49 bits per heavy atom. The van der Waals surface area contributed by atoms with Gasteiger partial charge in [0.2, 0.25) is 11.8 Å². The molecule has 0 aliphatic rings. The van der Waals surface area contributed by atoms with Gasteiger partial charge in [0, 0.05) is 27.9 Å². The summed E-state index contributed by atoms with van der Waals surface area (Å²) < 4.78 is 5.29. The van der Waals surface area contributed by atoms with Crippen molar-refractivity contribution in [2.45, 2.75) is 50.7 Å². The molecular formula is C27H30N2O4S2. The number of thiophene rings is 1. The fourth-order valence-electron chi connectivity index (χ4n) is 3.37. The highest BCUT2D eigenvalue weighted by molar-refractivity contribution is 8.00. The Labute approximate surface area is 214 Å². The van der Waals surface area contributed by atoms with Crippen LogP contribution in [0.2, 0.25) is 0 Å². The highest BCUT2D eigenvalue weighted by Crippen LogP contribution is 2.37. The first-order valence-corrected chi connectivity index (χ1v) is 13.3. The van der Waals surface area contributed by atoms with Gasteiger partial charge in [0.1, 0.15) is 10.6 Å². The molecule has 0 aliphatic heterocycles. The van der Waals surface area contributed by atoms with Crippen LogP contribution in [0.25, 0.3) is 11.1 Å². The lowest BCUT2D eigenvalue weighted by atomic mass is 10.0. The van der Waals surface area contributed by atoms with Crippen LogP contribution in [0.5, 0.6) is 0 Å². The molecule has 0 radical (unpaired) electrons. The number of aryl methyl sites for hydroxylation is 1. The van der Waals surface area contributed by atoms with Crippen molar-refractivity contribution in [2.75, 3.05) is 17.2 Å². The number of hydrogen-bond acceptors (Lipinski definition) is 6. The summed E-state index contributed by atoms with van der Waals surface area (Å²) in [5.41, 5.74) is 3.81. The Morgan fingerprint density at radius 2 is 1.80 bits per heavy atom. The summed E-state index contributed by atoms with van der Waals surface area (Å²) in [5.74, 6) is -0.720. The summed E-state index contributed by atoms with van der Waals surface area (Å²) >= 11 is 2.69. The van der Waals surface area contributed by atoms with Crippen LogP contribution in [0.1, 0.15) is 49.5 Å². The highest BCUT2D eigenvalue weighted by atomic mass is 32.2. The maximum absolute atomic E-state index is 13.0. The number of nitrogens with one attached hydrogen (secondary N) is 2. The van der Waals surface area contributed by atoms with Crippen LogP contribution in [0.3, 0.4) is 0 Å². The van der Waals surface area contributed by atoms with E-state index in [1.54, 1.807) is 13.8 Å². The quantitative estimate of drug-likeness (QED) is 0.233. The van der Waals surface area contributed by atoms with Gasteiger partial charge in [-0.1, -0.05) is 42.8 Å². The molecule has 184 valence electrons. The number of hydrogen-bond donors (Lipinski definition) is 2. The summed E-state index contributed by atoms with van der Waals surface area (Å²) in [6, 6.07) is 15.3. The lowest BCUT2D eigenvalue weighted by Gasteiger charge is -2.14. The smallest absolute Gasteiger partial charge is 0.341 e. The molecular weight excluding hydrogens is 480 g/mol. The van der Waals surface area contributed by atoms with Crippen molar-refractivity contribution in [3.05, 3.63) is 65.0 Å². The van der Waals surface area contributed by atoms with Gasteiger partial charge in [-0.2, -0.15) is 0 Å². The number of anilines is 2. The number of carbonyl (C=O) groups excluding carboxylic acids is 3. The van der Waals surface area contributed by atoms with Crippen LogP contribution in [-0.2, 0) is 14.3 Å². The zero-order valence-corrected chi connectivity index (χ0v) is 22.0. The van der Waals surface area contributed by atoms with Crippen molar-refractivity contribution < 1.29 is 19.1 Å². The van der Waals surface area contributed by atoms with Gasteiger partial charge >= 0.3 is 5.97 Å². The predicted molar refractivity (Wildman–Crippen MR) is 144 cm³/mol. The van der Waals surface area contributed by atoms with Crippen LogP contribution in [0.4, 0.5) is 10.7 Å². The minimum atomic E-state index is -0.463. The van der Waals surface area contributed by atoms with Gasteiger partial charge in [-0.25, -0.2) is 4.79 Å². The number of ether oxygens (including phenoxy) is 1. The van der Waals surface area contributed by atoms with Crippen LogP contribution in [-0.4, -0.2) is 29.6 Å². The molecule has 6 nitrogen and oxygen atoms in total. The lowest BCUT2D eigenvalue weighted by molar-refractivity contribution is -0.116. The normalized spacial score (nSPS) is 11.5. The van der Waals surface area contributed by atoms with Gasteiger partial charge in [0.15, 0.2) is 0 Å². The zero-order chi connectivity index (χ0) is 25.4. The topological polar surface area (TPSA) is 84.5 Å². The molecule has 1 unspecified atom stereocenters. The van der Waals surface area contributed by atoms with Gasteiger partial charge in [-0.3, -0.25) is 9.59 Å². The molecule has 0 saturated heterocycles. The average Bonchev–Trinajstić information content (AvgIpc) is 3.23. The first-order valence-electron chi connectivity index (χ1n) is 11.6. The van der Waals surface area contributed by atoms with Crippen molar-refractivity contribution in [2.24, 2.45) is 0 Å². The maximum Gasteiger partial charge on any atom is 0.341 e. The maximum atomic E-state index is 13.0. The number of benzene rings is 2. The number of carbonyl (C=O) groups is 3. The summed E-state index contributed by atoms with van der Waals surface area (Å²) in [4.78, 5) is 38.6. The van der Waals surface area contributed by atoms with Crippen LogP contribution >= 0.6 is 23.1 Å². The summed E-state index contributed by atoms with van der Waals surface area (Å²) in [7, 11) is 0. The average molecular weight is 511 g/mol. The predicted octanol–water partition coefficient (Wildman–Crippen LogP) is 6.76. The van der Waals surface area contributed by atoms with E-state index in [4.69, 9.17) is 4.74 Å². The van der Waals surface area contributed by atoms with Crippen molar-refractivity contribution in [1.29, 1.82) is 0 Å². The first kappa shape index (κ1) is 26.5. The number of amides is 2. The number of thioether (sulfide) groups is 1. The second-order valence-electron chi connectivity index (χ2n) is 8.02. The largest absolute Gasteiger partial charge is 0.462 e. The van der Waals surface area contributed by atoms with Gasteiger partial charge < -0.3 is 15.4 Å². The van der Waals surface area contributed by atoms with Gasteiger partial charge in [0.05, 0.1) is 11.9 Å². The minimum Gasteiger partial charge on any atom is -0.462 e. The Hall–Kier alpha value is -3.10. The van der Waals surface area contributed by atoms with E-state index < -0.39 is 11.2 Å². The summed E-state index contributed by atoms with van der Waals surface area (Å²) in [6.07, 6.45) is 1.24. The van der Waals surface area contributed by atoms with Crippen LogP contribution in [0.15, 0.2) is 58.8 Å². The van der Waals surface area contributed by atoms with E-state index in [9.17, 15) is 14.4 Å². The molecule has 3 rings (SSSR count).